The van der Waals surface area contributed by atoms with E-state index in [1.807, 2.05) is 12.9 Å². The van der Waals surface area contributed by atoms with Crippen LogP contribution in [0.1, 0.15) is 26.2 Å². The number of rotatable bonds is 4. The Bertz CT molecular complexity index is 584. The Labute approximate surface area is 121 Å². The first-order valence-electron chi connectivity index (χ1n) is 6.39. The standard InChI is InChI=1S/C14H15ClN2O3/c1-14(7-8-18)6-2-3-13(14)16-12-5-4-10(17(19)20)9-11(12)15/h4-5,7,9,13,16H,2-3,6H2,1H3. The summed E-state index contributed by atoms with van der Waals surface area (Å²) in [5.41, 5.74) is 0.351. The monoisotopic (exact) mass is 294 g/mol. The van der Waals surface area contributed by atoms with Gasteiger partial charge in [-0.15, -0.1) is 0 Å². The minimum absolute atomic E-state index is 0.0393. The number of anilines is 1. The molecular weight excluding hydrogens is 280 g/mol. The summed E-state index contributed by atoms with van der Waals surface area (Å²) in [7, 11) is 0. The third kappa shape index (κ3) is 2.84. The molecule has 20 heavy (non-hydrogen) atoms. The summed E-state index contributed by atoms with van der Waals surface area (Å²) in [6.45, 7) is 2.00. The molecule has 0 bridgehead atoms. The number of carbonyl (C=O) groups excluding carboxylic acids is 1. The fraction of sp³-hybridized carbons (Fsp3) is 0.429. The molecule has 6 heteroatoms. The van der Waals surface area contributed by atoms with Crippen LogP contribution in [0.2, 0.25) is 5.02 Å². The smallest absolute Gasteiger partial charge is 0.271 e. The van der Waals surface area contributed by atoms with Gasteiger partial charge in [0, 0.05) is 29.7 Å². The molecule has 1 fully saturated rings. The summed E-state index contributed by atoms with van der Waals surface area (Å²) in [5, 5.41) is 14.3. The number of non-ortho nitro benzene ring substituents is 1. The normalized spacial score (nSPS) is 25.0. The average Bonchev–Trinajstić information content (AvgIpc) is 2.73. The van der Waals surface area contributed by atoms with E-state index in [0.29, 0.717) is 10.7 Å². The Balaban J connectivity index is 2.22. The molecule has 106 valence electrons. The second kappa shape index (κ2) is 5.65. The number of hydrogen-bond donors (Lipinski definition) is 1. The zero-order valence-electron chi connectivity index (χ0n) is 11.1. The number of nitro groups is 1. The molecule has 1 N–H and O–H groups in total. The quantitative estimate of drug-likeness (QED) is 0.523. The van der Waals surface area contributed by atoms with Crippen LogP contribution in [0.15, 0.2) is 24.3 Å². The molecule has 0 saturated heterocycles. The van der Waals surface area contributed by atoms with Gasteiger partial charge in [-0.2, -0.15) is 0 Å². The summed E-state index contributed by atoms with van der Waals surface area (Å²) >= 11 is 6.07. The minimum atomic E-state index is -0.482. The Morgan fingerprint density at radius 1 is 1.60 bits per heavy atom. The van der Waals surface area contributed by atoms with Gasteiger partial charge >= 0.3 is 0 Å². The second-order valence-electron chi connectivity index (χ2n) is 5.28. The van der Waals surface area contributed by atoms with E-state index < -0.39 is 4.92 Å². The lowest BCUT2D eigenvalue weighted by Crippen LogP contribution is -2.32. The molecule has 1 saturated carbocycles. The Morgan fingerprint density at radius 3 is 2.95 bits per heavy atom. The first-order chi connectivity index (χ1) is 9.46. The molecule has 1 aromatic carbocycles. The van der Waals surface area contributed by atoms with Gasteiger partial charge in [0.15, 0.2) is 0 Å². The molecule has 1 aliphatic carbocycles. The highest BCUT2D eigenvalue weighted by atomic mass is 35.5. The van der Waals surface area contributed by atoms with Crippen molar-refractivity contribution in [1.29, 1.82) is 0 Å². The van der Waals surface area contributed by atoms with Crippen molar-refractivity contribution in [3.05, 3.63) is 39.4 Å². The fourth-order valence-electron chi connectivity index (χ4n) is 2.66. The van der Waals surface area contributed by atoms with E-state index >= 15 is 0 Å². The van der Waals surface area contributed by atoms with Crippen molar-refractivity contribution in [2.24, 2.45) is 5.41 Å². The van der Waals surface area contributed by atoms with Gasteiger partial charge in [0.05, 0.1) is 15.6 Å². The van der Waals surface area contributed by atoms with Crippen molar-refractivity contribution in [1.82, 2.24) is 0 Å². The number of benzene rings is 1. The third-order valence-electron chi connectivity index (χ3n) is 3.89. The summed E-state index contributed by atoms with van der Waals surface area (Å²) < 4.78 is 0. The van der Waals surface area contributed by atoms with E-state index in [1.54, 1.807) is 12.1 Å². The summed E-state index contributed by atoms with van der Waals surface area (Å²) in [5.74, 6) is 1.87. The second-order valence-corrected chi connectivity index (χ2v) is 5.69. The maximum atomic E-state index is 10.7. The predicted octanol–water partition coefficient (Wildman–Crippen LogP) is 3.61. The van der Waals surface area contributed by atoms with E-state index in [9.17, 15) is 14.9 Å². The predicted molar refractivity (Wildman–Crippen MR) is 77.7 cm³/mol. The van der Waals surface area contributed by atoms with Crippen LogP contribution in [0, 0.1) is 15.5 Å². The van der Waals surface area contributed by atoms with Gasteiger partial charge in [0.25, 0.3) is 5.69 Å². The highest BCUT2D eigenvalue weighted by Crippen LogP contribution is 2.41. The number of nitro benzene ring substituents is 1. The van der Waals surface area contributed by atoms with Crippen molar-refractivity contribution < 1.29 is 9.72 Å². The molecule has 5 nitrogen and oxygen atoms in total. The van der Waals surface area contributed by atoms with Crippen LogP contribution < -0.4 is 5.32 Å². The molecule has 1 aromatic rings. The number of nitrogens with one attached hydrogen (secondary N) is 1. The van der Waals surface area contributed by atoms with E-state index in [4.69, 9.17) is 11.6 Å². The highest BCUT2D eigenvalue weighted by molar-refractivity contribution is 6.33. The van der Waals surface area contributed by atoms with Crippen molar-refractivity contribution in [2.75, 3.05) is 5.32 Å². The van der Waals surface area contributed by atoms with E-state index in [2.05, 4.69) is 5.32 Å². The third-order valence-corrected chi connectivity index (χ3v) is 4.20. The van der Waals surface area contributed by atoms with Crippen LogP contribution in [0.4, 0.5) is 11.4 Å². The van der Waals surface area contributed by atoms with E-state index in [1.165, 1.54) is 12.1 Å². The van der Waals surface area contributed by atoms with Crippen LogP contribution in [-0.2, 0) is 4.79 Å². The average molecular weight is 295 g/mol. The van der Waals surface area contributed by atoms with Crippen LogP contribution in [-0.4, -0.2) is 16.9 Å². The topological polar surface area (TPSA) is 72.2 Å². The number of hydrogen-bond acceptors (Lipinski definition) is 4. The summed E-state index contributed by atoms with van der Waals surface area (Å²) in [6.07, 6.45) is 4.39. The molecule has 2 atom stereocenters. The lowest BCUT2D eigenvalue weighted by Gasteiger charge is -2.29. The zero-order chi connectivity index (χ0) is 14.8. The van der Waals surface area contributed by atoms with E-state index in [0.717, 1.165) is 19.3 Å². The first-order valence-corrected chi connectivity index (χ1v) is 6.76. The lowest BCUT2D eigenvalue weighted by molar-refractivity contribution is -0.384. The van der Waals surface area contributed by atoms with Gasteiger partial charge in [0.2, 0.25) is 0 Å². The van der Waals surface area contributed by atoms with E-state index in [-0.39, 0.29) is 17.1 Å². The van der Waals surface area contributed by atoms with Crippen molar-refractivity contribution in [3.63, 3.8) is 0 Å². The van der Waals surface area contributed by atoms with Crippen LogP contribution in [0.5, 0.6) is 0 Å². The molecule has 0 spiro atoms. The van der Waals surface area contributed by atoms with Crippen molar-refractivity contribution in [2.45, 2.75) is 32.2 Å². The fourth-order valence-corrected chi connectivity index (χ4v) is 2.89. The Morgan fingerprint density at radius 2 is 2.35 bits per heavy atom. The van der Waals surface area contributed by atoms with Crippen molar-refractivity contribution >= 4 is 28.9 Å². The minimum Gasteiger partial charge on any atom is -0.380 e. The van der Waals surface area contributed by atoms with Gasteiger partial charge < -0.3 is 5.32 Å². The molecule has 0 aliphatic heterocycles. The number of halogens is 1. The molecule has 0 aromatic heterocycles. The molecular formula is C14H15ClN2O3. The Kier molecular flexibility index (Phi) is 4.12. The van der Waals surface area contributed by atoms with Gasteiger partial charge in [-0.05, 0) is 18.9 Å². The molecule has 2 unspecified atom stereocenters. The van der Waals surface area contributed by atoms with Gasteiger partial charge in [0.1, 0.15) is 5.94 Å². The molecule has 2 rings (SSSR count). The largest absolute Gasteiger partial charge is 0.380 e. The van der Waals surface area contributed by atoms with Gasteiger partial charge in [-0.1, -0.05) is 24.9 Å². The van der Waals surface area contributed by atoms with Crippen LogP contribution in [0.25, 0.3) is 0 Å². The molecule has 0 amide bonds. The van der Waals surface area contributed by atoms with Gasteiger partial charge in [-0.25, -0.2) is 4.79 Å². The molecule has 1 aliphatic rings. The van der Waals surface area contributed by atoms with Crippen molar-refractivity contribution in [3.8, 4) is 0 Å². The molecule has 0 heterocycles. The van der Waals surface area contributed by atoms with Crippen LogP contribution >= 0.6 is 11.6 Å². The summed E-state index contributed by atoms with van der Waals surface area (Å²) in [6, 6.07) is 4.41. The maximum absolute atomic E-state index is 10.7. The van der Waals surface area contributed by atoms with Gasteiger partial charge in [-0.3, -0.25) is 10.1 Å². The SMILES string of the molecule is CC1(C=C=O)CCCC1Nc1ccc([N+](=O)[O-])cc1Cl. The summed E-state index contributed by atoms with van der Waals surface area (Å²) in [4.78, 5) is 20.8. The maximum Gasteiger partial charge on any atom is 0.271 e. The number of nitrogens with zero attached hydrogens (tertiary/aromatic N) is 1. The zero-order valence-corrected chi connectivity index (χ0v) is 11.8. The first kappa shape index (κ1) is 14.6. The van der Waals surface area contributed by atoms with Crippen LogP contribution in [0.3, 0.4) is 0 Å². The lowest BCUT2D eigenvalue weighted by atomic mass is 9.85. The Hall–Kier alpha value is -1.84. The highest BCUT2D eigenvalue weighted by Gasteiger charge is 2.37. The molecule has 0 radical (unpaired) electrons.